The van der Waals surface area contributed by atoms with Gasteiger partial charge >= 0.3 is 0 Å². The molecule has 0 aliphatic heterocycles. The summed E-state index contributed by atoms with van der Waals surface area (Å²) in [5, 5.41) is 0.0980. The molecule has 0 saturated carbocycles. The minimum Gasteiger partial charge on any atom is -0.497 e. The molecule has 3 nitrogen and oxygen atoms in total. The van der Waals surface area contributed by atoms with Crippen molar-refractivity contribution in [1.82, 2.24) is 0 Å². The molecule has 0 fully saturated rings. The molecule has 106 valence electrons. The molecule has 20 heavy (non-hydrogen) atoms. The molecule has 0 aliphatic carbocycles. The van der Waals surface area contributed by atoms with Crippen LogP contribution in [0, 0.1) is 5.82 Å². The molecule has 2 N–H and O–H groups in total. The third kappa shape index (κ3) is 3.40. The molecule has 0 aromatic heterocycles. The number of benzene rings is 2. The van der Waals surface area contributed by atoms with E-state index in [1.165, 1.54) is 12.1 Å². The van der Waals surface area contributed by atoms with Crippen LogP contribution in [0.15, 0.2) is 36.4 Å². The zero-order valence-corrected chi connectivity index (χ0v) is 11.8. The van der Waals surface area contributed by atoms with Gasteiger partial charge in [-0.15, -0.1) is 0 Å². The number of rotatable bonds is 5. The number of nitrogens with two attached hydrogens (primary N) is 1. The largest absolute Gasteiger partial charge is 0.497 e. The number of methoxy groups -OCH3 is 1. The third-order valence-electron chi connectivity index (χ3n) is 2.87. The summed E-state index contributed by atoms with van der Waals surface area (Å²) < 4.78 is 24.1. The summed E-state index contributed by atoms with van der Waals surface area (Å²) in [4.78, 5) is 0. The minimum absolute atomic E-state index is 0.0980. The van der Waals surface area contributed by atoms with E-state index in [2.05, 4.69) is 0 Å². The lowest BCUT2D eigenvalue weighted by atomic mass is 10.2. The highest BCUT2D eigenvalue weighted by atomic mass is 35.5. The zero-order chi connectivity index (χ0) is 14.5. The fourth-order valence-electron chi connectivity index (χ4n) is 1.77. The Kier molecular flexibility index (Phi) is 4.82. The summed E-state index contributed by atoms with van der Waals surface area (Å²) >= 11 is 5.63. The molecular formula is C15H15ClFNO2. The van der Waals surface area contributed by atoms with E-state index in [0.29, 0.717) is 17.9 Å². The van der Waals surface area contributed by atoms with E-state index in [9.17, 15) is 4.39 Å². The van der Waals surface area contributed by atoms with Crippen LogP contribution in [0.4, 0.5) is 4.39 Å². The van der Waals surface area contributed by atoms with E-state index in [4.69, 9.17) is 26.8 Å². The minimum atomic E-state index is -0.457. The highest BCUT2D eigenvalue weighted by Crippen LogP contribution is 2.25. The summed E-state index contributed by atoms with van der Waals surface area (Å²) in [7, 11) is 1.59. The molecule has 2 rings (SSSR count). The average molecular weight is 296 g/mol. The normalized spacial score (nSPS) is 10.4. The second kappa shape index (κ2) is 6.59. The summed E-state index contributed by atoms with van der Waals surface area (Å²) in [6, 6.07) is 9.97. The molecule has 0 spiro atoms. The molecule has 0 radical (unpaired) electrons. The molecule has 2 aromatic rings. The predicted octanol–water partition coefficient (Wildman–Crippen LogP) is 3.53. The van der Waals surface area contributed by atoms with Gasteiger partial charge < -0.3 is 15.2 Å². The lowest BCUT2D eigenvalue weighted by Gasteiger charge is -2.12. The Morgan fingerprint density at radius 3 is 2.65 bits per heavy atom. The summed E-state index contributed by atoms with van der Waals surface area (Å²) in [5.41, 5.74) is 7.21. The van der Waals surface area contributed by atoms with Crippen LogP contribution >= 0.6 is 11.6 Å². The highest BCUT2D eigenvalue weighted by Gasteiger charge is 2.06. The van der Waals surface area contributed by atoms with Crippen LogP contribution in [0.25, 0.3) is 0 Å². The van der Waals surface area contributed by atoms with Crippen LogP contribution in [0.3, 0.4) is 0 Å². The Hall–Kier alpha value is -1.78. The van der Waals surface area contributed by atoms with Gasteiger partial charge in [0.1, 0.15) is 23.9 Å². The van der Waals surface area contributed by atoms with Gasteiger partial charge in [0.25, 0.3) is 0 Å². The highest BCUT2D eigenvalue weighted by molar-refractivity contribution is 6.30. The Balaban J connectivity index is 2.12. The summed E-state index contributed by atoms with van der Waals surface area (Å²) in [5.74, 6) is 0.917. The fraction of sp³-hybridized carbons (Fsp3) is 0.200. The van der Waals surface area contributed by atoms with E-state index in [0.717, 1.165) is 11.3 Å². The van der Waals surface area contributed by atoms with Crippen LogP contribution in [-0.4, -0.2) is 7.11 Å². The van der Waals surface area contributed by atoms with E-state index in [1.54, 1.807) is 25.3 Å². The third-order valence-corrected chi connectivity index (χ3v) is 3.17. The van der Waals surface area contributed by atoms with Crippen LogP contribution in [0.5, 0.6) is 11.5 Å². The van der Waals surface area contributed by atoms with E-state index < -0.39 is 5.82 Å². The topological polar surface area (TPSA) is 44.5 Å². The Labute approximate surface area is 122 Å². The van der Waals surface area contributed by atoms with Gasteiger partial charge in [0.2, 0.25) is 0 Å². The van der Waals surface area contributed by atoms with Gasteiger partial charge in [-0.05, 0) is 35.9 Å². The maximum atomic E-state index is 13.3. The Bertz CT molecular complexity index is 604. The smallest absolute Gasteiger partial charge is 0.142 e. The predicted molar refractivity (Wildman–Crippen MR) is 76.6 cm³/mol. The van der Waals surface area contributed by atoms with E-state index >= 15 is 0 Å². The van der Waals surface area contributed by atoms with Gasteiger partial charge in [-0.2, -0.15) is 0 Å². The van der Waals surface area contributed by atoms with Gasteiger partial charge in [0.05, 0.1) is 12.1 Å². The summed E-state index contributed by atoms with van der Waals surface area (Å²) in [6.07, 6.45) is 0. The Morgan fingerprint density at radius 1 is 1.20 bits per heavy atom. The van der Waals surface area contributed by atoms with E-state index in [1.807, 2.05) is 6.07 Å². The van der Waals surface area contributed by atoms with Gasteiger partial charge in [-0.1, -0.05) is 17.7 Å². The van der Waals surface area contributed by atoms with Crippen molar-refractivity contribution in [2.24, 2.45) is 5.73 Å². The maximum absolute atomic E-state index is 13.3. The van der Waals surface area contributed by atoms with Crippen molar-refractivity contribution in [2.75, 3.05) is 7.11 Å². The lowest BCUT2D eigenvalue weighted by Crippen LogP contribution is -2.03. The molecule has 0 saturated heterocycles. The SMILES string of the molecule is COc1ccc(OCc2ccc(Cl)c(F)c2)c(CN)c1. The number of halogens is 2. The van der Waals surface area contributed by atoms with E-state index in [-0.39, 0.29) is 11.6 Å². The van der Waals surface area contributed by atoms with Crippen molar-refractivity contribution in [2.45, 2.75) is 13.2 Å². The van der Waals surface area contributed by atoms with Crippen LogP contribution in [0.2, 0.25) is 5.02 Å². The number of hydrogen-bond acceptors (Lipinski definition) is 3. The van der Waals surface area contributed by atoms with Gasteiger partial charge in [0.15, 0.2) is 0 Å². The molecule has 0 amide bonds. The second-order valence-corrected chi connectivity index (χ2v) is 4.62. The number of hydrogen-bond donors (Lipinski definition) is 1. The molecule has 0 bridgehead atoms. The van der Waals surface area contributed by atoms with Gasteiger partial charge in [-0.3, -0.25) is 0 Å². The molecule has 0 atom stereocenters. The van der Waals surface area contributed by atoms with Crippen molar-refractivity contribution in [3.8, 4) is 11.5 Å². The first-order valence-corrected chi connectivity index (χ1v) is 6.45. The lowest BCUT2D eigenvalue weighted by molar-refractivity contribution is 0.301. The monoisotopic (exact) mass is 295 g/mol. The maximum Gasteiger partial charge on any atom is 0.142 e. The van der Waals surface area contributed by atoms with Crippen LogP contribution in [-0.2, 0) is 13.2 Å². The fourth-order valence-corrected chi connectivity index (χ4v) is 1.89. The molecule has 0 aliphatic rings. The first-order valence-electron chi connectivity index (χ1n) is 6.07. The van der Waals surface area contributed by atoms with Crippen LogP contribution < -0.4 is 15.2 Å². The molecule has 0 unspecified atom stereocenters. The van der Waals surface area contributed by atoms with Crippen molar-refractivity contribution in [3.05, 3.63) is 58.4 Å². The van der Waals surface area contributed by atoms with Crippen molar-refractivity contribution in [3.63, 3.8) is 0 Å². The summed E-state index contributed by atoms with van der Waals surface area (Å²) in [6.45, 7) is 0.578. The Morgan fingerprint density at radius 2 is 2.00 bits per heavy atom. The zero-order valence-electron chi connectivity index (χ0n) is 11.0. The first-order chi connectivity index (χ1) is 9.63. The molecular weight excluding hydrogens is 281 g/mol. The van der Waals surface area contributed by atoms with Crippen molar-refractivity contribution < 1.29 is 13.9 Å². The number of ether oxygens (including phenoxy) is 2. The average Bonchev–Trinajstić information content (AvgIpc) is 2.48. The van der Waals surface area contributed by atoms with Crippen molar-refractivity contribution >= 4 is 11.6 Å². The van der Waals surface area contributed by atoms with Crippen LogP contribution in [0.1, 0.15) is 11.1 Å². The quantitative estimate of drug-likeness (QED) is 0.918. The van der Waals surface area contributed by atoms with Gasteiger partial charge in [-0.25, -0.2) is 4.39 Å². The molecule has 2 aromatic carbocycles. The molecule has 0 heterocycles. The molecule has 5 heteroatoms. The van der Waals surface area contributed by atoms with Gasteiger partial charge in [0, 0.05) is 12.1 Å². The standard InChI is InChI=1S/C15H15ClFNO2/c1-19-12-3-5-15(11(7-12)8-18)20-9-10-2-4-13(16)14(17)6-10/h2-7H,8-9,18H2,1H3. The van der Waals surface area contributed by atoms with Crippen molar-refractivity contribution in [1.29, 1.82) is 0 Å². The second-order valence-electron chi connectivity index (χ2n) is 4.21. The first kappa shape index (κ1) is 14.6.